The third kappa shape index (κ3) is 3.42. The van der Waals surface area contributed by atoms with Gasteiger partial charge in [0.2, 0.25) is 0 Å². The molecule has 11 heteroatoms. The molecular weight excluding hydrogens is 371 g/mol. The first-order valence-corrected chi connectivity index (χ1v) is 8.32. The van der Waals surface area contributed by atoms with Crippen LogP contribution in [0.25, 0.3) is 0 Å². The zero-order valence-corrected chi connectivity index (χ0v) is 14.8. The van der Waals surface area contributed by atoms with E-state index in [4.69, 9.17) is 23.2 Å². The van der Waals surface area contributed by atoms with Gasteiger partial charge in [-0.25, -0.2) is 9.48 Å². The molecule has 0 saturated carbocycles. The molecule has 0 unspecified atom stereocenters. The van der Waals surface area contributed by atoms with Crippen molar-refractivity contribution in [3.05, 3.63) is 33.8 Å². The predicted octanol–water partition coefficient (Wildman–Crippen LogP) is 1.94. The molecule has 0 aliphatic carbocycles. The molecule has 1 aliphatic rings. The number of carbonyl (C=O) groups is 2. The maximum Gasteiger partial charge on any atom is 0.407 e. The molecule has 134 valence electrons. The van der Waals surface area contributed by atoms with Gasteiger partial charge in [0.25, 0.3) is 5.91 Å². The summed E-state index contributed by atoms with van der Waals surface area (Å²) in [4.78, 5) is 28.0. The Hall–Kier alpha value is -2.26. The van der Waals surface area contributed by atoms with Gasteiger partial charge in [-0.05, 0) is 13.3 Å². The first-order valence-electron chi connectivity index (χ1n) is 7.56. The van der Waals surface area contributed by atoms with Crippen molar-refractivity contribution in [2.24, 2.45) is 0 Å². The van der Waals surface area contributed by atoms with E-state index in [-0.39, 0.29) is 29.3 Å². The number of hydrogen-bond donors (Lipinski definition) is 3. The molecule has 9 nitrogen and oxygen atoms in total. The Morgan fingerprint density at radius 1 is 1.40 bits per heavy atom. The SMILES string of the molecule is Cc1[nH]c(C(=O)N[C@@H]2CCN(C(=O)O)C[C@@H]2n2ccnn2)c(Cl)c1Cl. The van der Waals surface area contributed by atoms with Crippen molar-refractivity contribution in [3.8, 4) is 0 Å². The summed E-state index contributed by atoms with van der Waals surface area (Å²) in [5.74, 6) is -0.404. The van der Waals surface area contributed by atoms with Gasteiger partial charge in [-0.3, -0.25) is 4.79 Å². The predicted molar refractivity (Wildman–Crippen MR) is 90.1 cm³/mol. The number of aromatic nitrogens is 4. The second-order valence-electron chi connectivity index (χ2n) is 5.80. The average molecular weight is 387 g/mol. The molecular formula is C14H16Cl2N6O3. The standard InChI is InChI=1S/C14H16Cl2N6O3/c1-7-10(15)11(16)12(18-7)13(23)19-8-2-4-21(14(24)25)6-9(8)22-5-3-17-20-22/h3,5,8-9,18H,2,4,6H2,1H3,(H,19,23)(H,24,25)/t8-,9+/m1/s1. The van der Waals surface area contributed by atoms with Crippen LogP contribution in [0.4, 0.5) is 4.79 Å². The number of nitrogens with one attached hydrogen (secondary N) is 2. The molecule has 2 aromatic heterocycles. The smallest absolute Gasteiger partial charge is 0.407 e. The highest BCUT2D eigenvalue weighted by molar-refractivity contribution is 6.44. The number of likely N-dealkylation sites (tertiary alicyclic amines) is 1. The summed E-state index contributed by atoms with van der Waals surface area (Å²) < 4.78 is 1.55. The molecule has 3 heterocycles. The monoisotopic (exact) mass is 386 g/mol. The van der Waals surface area contributed by atoms with Gasteiger partial charge in [-0.1, -0.05) is 28.4 Å². The van der Waals surface area contributed by atoms with E-state index < -0.39 is 12.0 Å². The first kappa shape index (κ1) is 17.6. The number of aryl methyl sites for hydroxylation is 1. The van der Waals surface area contributed by atoms with Crippen LogP contribution in [0, 0.1) is 6.92 Å². The van der Waals surface area contributed by atoms with Gasteiger partial charge in [0.1, 0.15) is 5.69 Å². The molecule has 2 atom stereocenters. The Morgan fingerprint density at radius 2 is 2.16 bits per heavy atom. The largest absolute Gasteiger partial charge is 0.465 e. The van der Waals surface area contributed by atoms with E-state index in [1.54, 1.807) is 17.8 Å². The first-order chi connectivity index (χ1) is 11.9. The van der Waals surface area contributed by atoms with Crippen molar-refractivity contribution in [2.75, 3.05) is 13.1 Å². The molecule has 0 spiro atoms. The zero-order valence-electron chi connectivity index (χ0n) is 13.2. The maximum atomic E-state index is 12.6. The van der Waals surface area contributed by atoms with Crippen LogP contribution in [0.3, 0.4) is 0 Å². The van der Waals surface area contributed by atoms with Gasteiger partial charge in [-0.2, -0.15) is 0 Å². The fourth-order valence-corrected chi connectivity index (χ4v) is 3.32. The van der Waals surface area contributed by atoms with Crippen LogP contribution in [0.5, 0.6) is 0 Å². The molecule has 2 aromatic rings. The number of H-pyrrole nitrogens is 1. The lowest BCUT2D eigenvalue weighted by Crippen LogP contribution is -2.53. The number of nitrogens with zero attached hydrogens (tertiary/aromatic N) is 4. The number of aromatic amines is 1. The van der Waals surface area contributed by atoms with Crippen LogP contribution in [0.1, 0.15) is 28.6 Å². The Bertz CT molecular complexity index is 791. The Balaban J connectivity index is 1.81. The molecule has 1 fully saturated rings. The lowest BCUT2D eigenvalue weighted by Gasteiger charge is -2.37. The molecule has 2 amide bonds. The minimum absolute atomic E-state index is 0.164. The molecule has 1 saturated heterocycles. The van der Waals surface area contributed by atoms with Crippen molar-refractivity contribution in [2.45, 2.75) is 25.4 Å². The molecule has 3 N–H and O–H groups in total. The lowest BCUT2D eigenvalue weighted by molar-refractivity contribution is 0.0829. The van der Waals surface area contributed by atoms with Gasteiger partial charge >= 0.3 is 6.09 Å². The summed E-state index contributed by atoms with van der Waals surface area (Å²) in [5, 5.41) is 20.3. The summed E-state index contributed by atoms with van der Waals surface area (Å²) >= 11 is 12.1. The average Bonchev–Trinajstić information content (AvgIpc) is 3.20. The minimum atomic E-state index is -1.01. The highest BCUT2D eigenvalue weighted by Crippen LogP contribution is 2.29. The van der Waals surface area contributed by atoms with Crippen LogP contribution in [-0.4, -0.2) is 61.1 Å². The van der Waals surface area contributed by atoms with Crippen molar-refractivity contribution in [1.29, 1.82) is 0 Å². The molecule has 1 aliphatic heterocycles. The molecule has 0 bridgehead atoms. The van der Waals surface area contributed by atoms with Crippen LogP contribution < -0.4 is 5.32 Å². The molecule has 0 radical (unpaired) electrons. The highest BCUT2D eigenvalue weighted by Gasteiger charge is 2.35. The normalized spacial score (nSPS) is 20.5. The van der Waals surface area contributed by atoms with Crippen molar-refractivity contribution in [1.82, 2.24) is 30.2 Å². The Kier molecular flexibility index (Phi) is 4.87. The van der Waals surface area contributed by atoms with Gasteiger partial charge in [0.15, 0.2) is 0 Å². The van der Waals surface area contributed by atoms with Gasteiger partial charge in [0.05, 0.1) is 28.3 Å². The summed E-state index contributed by atoms with van der Waals surface area (Å²) in [6.45, 7) is 2.22. The summed E-state index contributed by atoms with van der Waals surface area (Å²) in [7, 11) is 0. The summed E-state index contributed by atoms with van der Waals surface area (Å²) in [6.07, 6.45) is 2.57. The van der Waals surface area contributed by atoms with E-state index in [1.807, 2.05) is 0 Å². The minimum Gasteiger partial charge on any atom is -0.465 e. The van der Waals surface area contributed by atoms with Crippen LogP contribution in [-0.2, 0) is 0 Å². The zero-order chi connectivity index (χ0) is 18.1. The number of carboxylic acid groups (broad SMARTS) is 1. The van der Waals surface area contributed by atoms with E-state index in [9.17, 15) is 14.7 Å². The Morgan fingerprint density at radius 3 is 2.72 bits per heavy atom. The summed E-state index contributed by atoms with van der Waals surface area (Å²) in [5.41, 5.74) is 0.785. The maximum absolute atomic E-state index is 12.6. The number of piperidine rings is 1. The highest BCUT2D eigenvalue weighted by atomic mass is 35.5. The van der Waals surface area contributed by atoms with E-state index >= 15 is 0 Å². The van der Waals surface area contributed by atoms with E-state index in [0.717, 1.165) is 0 Å². The van der Waals surface area contributed by atoms with E-state index in [0.29, 0.717) is 23.7 Å². The van der Waals surface area contributed by atoms with Gasteiger partial charge in [0, 0.05) is 25.0 Å². The van der Waals surface area contributed by atoms with E-state index in [1.165, 1.54) is 11.1 Å². The van der Waals surface area contributed by atoms with Gasteiger partial charge < -0.3 is 20.3 Å². The molecule has 25 heavy (non-hydrogen) atoms. The third-order valence-electron chi connectivity index (χ3n) is 4.23. The second-order valence-corrected chi connectivity index (χ2v) is 6.56. The third-order valence-corrected chi connectivity index (χ3v) is 5.18. The number of amides is 2. The topological polar surface area (TPSA) is 116 Å². The fraction of sp³-hybridized carbons (Fsp3) is 0.429. The van der Waals surface area contributed by atoms with Crippen LogP contribution in [0.15, 0.2) is 12.4 Å². The number of halogens is 2. The second kappa shape index (κ2) is 6.93. The quantitative estimate of drug-likeness (QED) is 0.745. The molecule has 0 aromatic carbocycles. The Labute approximate surface area is 152 Å². The number of rotatable bonds is 3. The molecule has 3 rings (SSSR count). The van der Waals surface area contributed by atoms with Crippen molar-refractivity contribution < 1.29 is 14.7 Å². The van der Waals surface area contributed by atoms with Crippen LogP contribution in [0.2, 0.25) is 10.0 Å². The summed E-state index contributed by atoms with van der Waals surface area (Å²) in [6, 6.07) is -0.704. The van der Waals surface area contributed by atoms with Crippen molar-refractivity contribution >= 4 is 35.2 Å². The van der Waals surface area contributed by atoms with E-state index in [2.05, 4.69) is 20.6 Å². The number of carbonyl (C=O) groups excluding carboxylic acids is 1. The van der Waals surface area contributed by atoms with Crippen molar-refractivity contribution in [3.63, 3.8) is 0 Å². The number of hydrogen-bond acceptors (Lipinski definition) is 4. The lowest BCUT2D eigenvalue weighted by atomic mass is 9.99. The fourth-order valence-electron chi connectivity index (χ4n) is 2.90. The van der Waals surface area contributed by atoms with Crippen LogP contribution >= 0.6 is 23.2 Å². The van der Waals surface area contributed by atoms with Gasteiger partial charge in [-0.15, -0.1) is 5.10 Å².